The van der Waals surface area contributed by atoms with Crippen LogP contribution in [0.25, 0.3) is 22.0 Å². The van der Waals surface area contributed by atoms with Gasteiger partial charge in [0.2, 0.25) is 0 Å². The number of aryl methyl sites for hydroxylation is 1. The molecule has 0 spiro atoms. The number of fused-ring (bicyclic) bond motifs is 1. The van der Waals surface area contributed by atoms with Gasteiger partial charge in [0.05, 0.1) is 0 Å². The van der Waals surface area contributed by atoms with E-state index in [1.807, 2.05) is 60.4 Å². The quantitative estimate of drug-likeness (QED) is 0.764. The van der Waals surface area contributed by atoms with Crippen molar-refractivity contribution in [3.05, 3.63) is 70.0 Å². The first-order chi connectivity index (χ1) is 13.0. The van der Waals surface area contributed by atoms with Crippen LogP contribution in [0, 0.1) is 6.92 Å². The summed E-state index contributed by atoms with van der Waals surface area (Å²) in [6.07, 6.45) is 0. The number of hydrogen-bond donors (Lipinski definition) is 1. The van der Waals surface area contributed by atoms with E-state index < -0.39 is 0 Å². The van der Waals surface area contributed by atoms with Gasteiger partial charge in [-0.2, -0.15) is 0 Å². The SMILES string of the molecule is Cc1cccc2c(=O)[nH]c(-c3ccc(C(=O)N4CCN(C)CC4)cc3)cc12. The second-order valence-corrected chi connectivity index (χ2v) is 7.22. The number of hydrogen-bond acceptors (Lipinski definition) is 3. The predicted molar refractivity (Wildman–Crippen MR) is 108 cm³/mol. The fourth-order valence-electron chi connectivity index (χ4n) is 3.58. The van der Waals surface area contributed by atoms with Crippen molar-refractivity contribution < 1.29 is 4.79 Å². The molecule has 0 atom stereocenters. The van der Waals surface area contributed by atoms with Gasteiger partial charge in [0.15, 0.2) is 0 Å². The molecule has 1 aliphatic heterocycles. The van der Waals surface area contributed by atoms with Crippen molar-refractivity contribution in [3.8, 4) is 11.3 Å². The maximum absolute atomic E-state index is 12.7. The van der Waals surface area contributed by atoms with Crippen LogP contribution in [0.5, 0.6) is 0 Å². The third-order valence-corrected chi connectivity index (χ3v) is 5.34. The van der Waals surface area contributed by atoms with Crippen LogP contribution < -0.4 is 5.56 Å². The number of aromatic amines is 1. The zero-order valence-corrected chi connectivity index (χ0v) is 15.7. The van der Waals surface area contributed by atoms with Gasteiger partial charge in [-0.1, -0.05) is 24.3 Å². The van der Waals surface area contributed by atoms with E-state index in [1.54, 1.807) is 0 Å². The Morgan fingerprint density at radius 1 is 0.963 bits per heavy atom. The zero-order chi connectivity index (χ0) is 19.0. The van der Waals surface area contributed by atoms with Crippen molar-refractivity contribution in [2.75, 3.05) is 33.2 Å². The average Bonchev–Trinajstić information content (AvgIpc) is 2.69. The number of rotatable bonds is 2. The highest BCUT2D eigenvalue weighted by molar-refractivity contribution is 5.95. The topological polar surface area (TPSA) is 56.4 Å². The minimum atomic E-state index is -0.0937. The molecule has 1 amide bonds. The van der Waals surface area contributed by atoms with E-state index >= 15 is 0 Å². The molecular weight excluding hydrogens is 338 g/mol. The standard InChI is InChI=1S/C22H23N3O2/c1-15-4-3-5-18-19(15)14-20(23-21(18)26)16-6-8-17(9-7-16)22(27)25-12-10-24(2)11-13-25/h3-9,14H,10-13H2,1-2H3,(H,23,26). The number of carbonyl (C=O) groups excluding carboxylic acids is 1. The van der Waals surface area contributed by atoms with Gasteiger partial charge in [-0.15, -0.1) is 0 Å². The second kappa shape index (κ2) is 7.00. The third kappa shape index (κ3) is 3.38. The molecular formula is C22H23N3O2. The highest BCUT2D eigenvalue weighted by Crippen LogP contribution is 2.23. The Morgan fingerprint density at radius 3 is 2.37 bits per heavy atom. The first kappa shape index (κ1) is 17.5. The number of pyridine rings is 1. The van der Waals surface area contributed by atoms with Crippen LogP contribution in [0.2, 0.25) is 0 Å². The monoisotopic (exact) mass is 361 g/mol. The normalized spacial score (nSPS) is 15.3. The molecule has 5 nitrogen and oxygen atoms in total. The van der Waals surface area contributed by atoms with Crippen molar-refractivity contribution in [2.24, 2.45) is 0 Å². The lowest BCUT2D eigenvalue weighted by atomic mass is 10.0. The summed E-state index contributed by atoms with van der Waals surface area (Å²) >= 11 is 0. The number of benzene rings is 2. The Bertz CT molecular complexity index is 1050. The van der Waals surface area contributed by atoms with Crippen LogP contribution in [0.3, 0.4) is 0 Å². The summed E-state index contributed by atoms with van der Waals surface area (Å²) in [6, 6.07) is 15.2. The number of H-pyrrole nitrogens is 1. The van der Waals surface area contributed by atoms with Crippen molar-refractivity contribution in [2.45, 2.75) is 6.92 Å². The van der Waals surface area contributed by atoms with Crippen LogP contribution in [-0.4, -0.2) is 53.9 Å². The van der Waals surface area contributed by atoms with Crippen LogP contribution in [0.4, 0.5) is 0 Å². The minimum absolute atomic E-state index is 0.0671. The summed E-state index contributed by atoms with van der Waals surface area (Å²) in [7, 11) is 2.07. The van der Waals surface area contributed by atoms with Gasteiger partial charge < -0.3 is 14.8 Å². The Labute approximate surface area is 158 Å². The summed E-state index contributed by atoms with van der Waals surface area (Å²) in [5, 5.41) is 1.65. The summed E-state index contributed by atoms with van der Waals surface area (Å²) < 4.78 is 0. The van der Waals surface area contributed by atoms with Crippen LogP contribution >= 0.6 is 0 Å². The van der Waals surface area contributed by atoms with Crippen molar-refractivity contribution in [1.82, 2.24) is 14.8 Å². The molecule has 138 valence electrons. The largest absolute Gasteiger partial charge is 0.336 e. The Kier molecular flexibility index (Phi) is 4.54. The first-order valence-electron chi connectivity index (χ1n) is 9.24. The molecule has 0 radical (unpaired) electrons. The molecule has 0 unspecified atom stereocenters. The van der Waals surface area contributed by atoms with E-state index in [4.69, 9.17) is 0 Å². The van der Waals surface area contributed by atoms with E-state index in [0.29, 0.717) is 10.9 Å². The molecule has 2 heterocycles. The molecule has 1 fully saturated rings. The highest BCUT2D eigenvalue weighted by atomic mass is 16.2. The molecule has 5 heteroatoms. The molecule has 2 aromatic carbocycles. The second-order valence-electron chi connectivity index (χ2n) is 7.22. The highest BCUT2D eigenvalue weighted by Gasteiger charge is 2.20. The molecule has 0 bridgehead atoms. The van der Waals surface area contributed by atoms with Crippen molar-refractivity contribution in [3.63, 3.8) is 0 Å². The van der Waals surface area contributed by atoms with E-state index in [1.165, 1.54) is 0 Å². The van der Waals surface area contributed by atoms with E-state index in [0.717, 1.165) is 48.4 Å². The van der Waals surface area contributed by atoms with Crippen LogP contribution in [0.15, 0.2) is 53.3 Å². The molecule has 3 aromatic rings. The molecule has 0 saturated carbocycles. The van der Waals surface area contributed by atoms with Gasteiger partial charge in [0, 0.05) is 42.8 Å². The number of likely N-dealkylation sites (N-methyl/N-ethyl adjacent to an activating group) is 1. The van der Waals surface area contributed by atoms with Gasteiger partial charge in [-0.05, 0) is 54.8 Å². The smallest absolute Gasteiger partial charge is 0.256 e. The van der Waals surface area contributed by atoms with Gasteiger partial charge in [-0.3, -0.25) is 9.59 Å². The van der Waals surface area contributed by atoms with Crippen LogP contribution in [0.1, 0.15) is 15.9 Å². The summed E-state index contributed by atoms with van der Waals surface area (Å²) in [5.41, 5.74) is 3.32. The van der Waals surface area contributed by atoms with E-state index in [9.17, 15) is 9.59 Å². The number of amides is 1. The summed E-state index contributed by atoms with van der Waals surface area (Å²) in [6.45, 7) is 5.33. The minimum Gasteiger partial charge on any atom is -0.336 e. The summed E-state index contributed by atoms with van der Waals surface area (Å²) in [5.74, 6) is 0.0671. The Hall–Kier alpha value is -2.92. The fraction of sp³-hybridized carbons (Fsp3) is 0.273. The fourth-order valence-corrected chi connectivity index (χ4v) is 3.58. The molecule has 0 aliphatic carbocycles. The maximum Gasteiger partial charge on any atom is 0.256 e. The van der Waals surface area contributed by atoms with Crippen molar-refractivity contribution in [1.29, 1.82) is 0 Å². The van der Waals surface area contributed by atoms with Crippen molar-refractivity contribution >= 4 is 16.7 Å². The first-order valence-corrected chi connectivity index (χ1v) is 9.24. The molecule has 1 saturated heterocycles. The Morgan fingerprint density at radius 2 is 1.67 bits per heavy atom. The van der Waals surface area contributed by atoms with E-state index in [-0.39, 0.29) is 11.5 Å². The number of nitrogens with one attached hydrogen (secondary N) is 1. The number of carbonyl (C=O) groups is 1. The lowest BCUT2D eigenvalue weighted by Crippen LogP contribution is -2.47. The number of aromatic nitrogens is 1. The van der Waals surface area contributed by atoms with Crippen LogP contribution in [-0.2, 0) is 0 Å². The average molecular weight is 361 g/mol. The third-order valence-electron chi connectivity index (χ3n) is 5.34. The Balaban J connectivity index is 1.63. The number of nitrogens with zero attached hydrogens (tertiary/aromatic N) is 2. The molecule has 1 N–H and O–H groups in total. The molecule has 1 aliphatic rings. The van der Waals surface area contributed by atoms with E-state index in [2.05, 4.69) is 16.9 Å². The molecule has 27 heavy (non-hydrogen) atoms. The molecule has 4 rings (SSSR count). The zero-order valence-electron chi connectivity index (χ0n) is 15.7. The lowest BCUT2D eigenvalue weighted by molar-refractivity contribution is 0.0664. The van der Waals surface area contributed by atoms with Gasteiger partial charge >= 0.3 is 0 Å². The summed E-state index contributed by atoms with van der Waals surface area (Å²) in [4.78, 5) is 32.2. The maximum atomic E-state index is 12.7. The molecule has 1 aromatic heterocycles. The van der Waals surface area contributed by atoms with Gasteiger partial charge in [-0.25, -0.2) is 0 Å². The lowest BCUT2D eigenvalue weighted by Gasteiger charge is -2.32. The predicted octanol–water partition coefficient (Wildman–Crippen LogP) is 2.89. The van der Waals surface area contributed by atoms with Gasteiger partial charge in [0.25, 0.3) is 11.5 Å². The van der Waals surface area contributed by atoms with Gasteiger partial charge in [0.1, 0.15) is 0 Å². The number of piperazine rings is 1.